The van der Waals surface area contributed by atoms with E-state index in [1.807, 2.05) is 30.5 Å². The molecule has 1 aromatic heterocycles. The number of aromatic nitrogens is 2. The lowest BCUT2D eigenvalue weighted by Crippen LogP contribution is -2.64. The molecule has 1 fully saturated rings. The Labute approximate surface area is 117 Å². The molecule has 1 saturated heterocycles. The molecule has 1 aromatic carbocycles. The van der Waals surface area contributed by atoms with Crippen molar-refractivity contribution in [3.63, 3.8) is 0 Å². The molecule has 1 aliphatic heterocycles. The van der Waals surface area contributed by atoms with Crippen molar-refractivity contribution in [2.75, 3.05) is 11.9 Å². The zero-order valence-electron chi connectivity index (χ0n) is 11.6. The molecule has 1 atom stereocenters. The number of hydrogen-bond acceptors (Lipinski definition) is 3. The zero-order valence-corrected chi connectivity index (χ0v) is 11.6. The summed E-state index contributed by atoms with van der Waals surface area (Å²) in [6.07, 6.45) is 3.59. The minimum atomic E-state index is -0.125. The van der Waals surface area contributed by atoms with Gasteiger partial charge in [-0.1, -0.05) is 26.0 Å². The highest BCUT2D eigenvalue weighted by Gasteiger charge is 2.42. The SMILES string of the molecule is CC1(C)CNC1C(=O)Nc1cccc(-c2cn[nH]c2)c1. The number of aromatic amines is 1. The second kappa shape index (κ2) is 4.76. The van der Waals surface area contributed by atoms with Crippen LogP contribution in [0.1, 0.15) is 13.8 Å². The first-order chi connectivity index (χ1) is 9.56. The number of carbonyl (C=O) groups is 1. The van der Waals surface area contributed by atoms with Gasteiger partial charge in [-0.3, -0.25) is 9.89 Å². The van der Waals surface area contributed by atoms with Gasteiger partial charge in [0.25, 0.3) is 0 Å². The molecule has 20 heavy (non-hydrogen) atoms. The maximum absolute atomic E-state index is 12.2. The molecule has 1 amide bonds. The van der Waals surface area contributed by atoms with Gasteiger partial charge in [-0.15, -0.1) is 0 Å². The average Bonchev–Trinajstić information content (AvgIpc) is 2.91. The predicted octanol–water partition coefficient (Wildman–Crippen LogP) is 2.01. The van der Waals surface area contributed by atoms with Crippen molar-refractivity contribution in [3.05, 3.63) is 36.7 Å². The second-order valence-corrected chi connectivity index (χ2v) is 5.86. The first-order valence-electron chi connectivity index (χ1n) is 6.70. The number of nitrogens with zero attached hydrogens (tertiary/aromatic N) is 1. The average molecular weight is 270 g/mol. The maximum Gasteiger partial charge on any atom is 0.242 e. The van der Waals surface area contributed by atoms with E-state index in [9.17, 15) is 4.79 Å². The lowest BCUT2D eigenvalue weighted by Gasteiger charge is -2.44. The van der Waals surface area contributed by atoms with Crippen molar-refractivity contribution in [2.45, 2.75) is 19.9 Å². The lowest BCUT2D eigenvalue weighted by atomic mass is 9.77. The molecule has 0 radical (unpaired) electrons. The van der Waals surface area contributed by atoms with Crippen LogP contribution in [-0.4, -0.2) is 28.7 Å². The molecular formula is C15H18N4O. The Morgan fingerprint density at radius 2 is 2.25 bits per heavy atom. The summed E-state index contributed by atoms with van der Waals surface area (Å²) in [5, 5.41) is 12.9. The van der Waals surface area contributed by atoms with Crippen LogP contribution in [0.25, 0.3) is 11.1 Å². The van der Waals surface area contributed by atoms with Crippen LogP contribution in [0.4, 0.5) is 5.69 Å². The minimum Gasteiger partial charge on any atom is -0.325 e. The smallest absolute Gasteiger partial charge is 0.242 e. The number of H-pyrrole nitrogens is 1. The Hall–Kier alpha value is -2.14. The van der Waals surface area contributed by atoms with Crippen molar-refractivity contribution in [3.8, 4) is 11.1 Å². The number of rotatable bonds is 3. The van der Waals surface area contributed by atoms with E-state index in [4.69, 9.17) is 0 Å². The number of anilines is 1. The van der Waals surface area contributed by atoms with Gasteiger partial charge in [-0.25, -0.2) is 0 Å². The molecule has 2 aromatic rings. The molecule has 0 spiro atoms. The summed E-state index contributed by atoms with van der Waals surface area (Å²) in [5.41, 5.74) is 2.85. The Kier molecular flexibility index (Phi) is 3.06. The highest BCUT2D eigenvalue weighted by Crippen LogP contribution is 2.29. The van der Waals surface area contributed by atoms with Crippen LogP contribution in [0.2, 0.25) is 0 Å². The zero-order chi connectivity index (χ0) is 14.2. The summed E-state index contributed by atoms with van der Waals surface area (Å²) in [6.45, 7) is 5.06. The van der Waals surface area contributed by atoms with Crippen molar-refractivity contribution in [1.82, 2.24) is 15.5 Å². The first-order valence-corrected chi connectivity index (χ1v) is 6.70. The Bertz CT molecular complexity index is 619. The second-order valence-electron chi connectivity index (χ2n) is 5.86. The van der Waals surface area contributed by atoms with Crippen molar-refractivity contribution >= 4 is 11.6 Å². The van der Waals surface area contributed by atoms with E-state index >= 15 is 0 Å². The molecule has 0 saturated carbocycles. The fourth-order valence-electron chi connectivity index (χ4n) is 2.46. The molecule has 3 rings (SSSR count). The third-order valence-corrected chi connectivity index (χ3v) is 3.77. The van der Waals surface area contributed by atoms with Gasteiger partial charge in [0.05, 0.1) is 12.2 Å². The largest absolute Gasteiger partial charge is 0.325 e. The van der Waals surface area contributed by atoms with E-state index in [0.717, 1.165) is 23.4 Å². The van der Waals surface area contributed by atoms with E-state index < -0.39 is 0 Å². The Morgan fingerprint density at radius 1 is 1.40 bits per heavy atom. The topological polar surface area (TPSA) is 69.8 Å². The summed E-state index contributed by atoms with van der Waals surface area (Å²) >= 11 is 0. The third-order valence-electron chi connectivity index (χ3n) is 3.77. The molecule has 3 N–H and O–H groups in total. The fourth-order valence-corrected chi connectivity index (χ4v) is 2.46. The molecule has 1 unspecified atom stereocenters. The number of amides is 1. The fraction of sp³-hybridized carbons (Fsp3) is 0.333. The van der Waals surface area contributed by atoms with E-state index in [1.165, 1.54) is 0 Å². The summed E-state index contributed by atoms with van der Waals surface area (Å²) in [7, 11) is 0. The van der Waals surface area contributed by atoms with Crippen molar-refractivity contribution in [2.24, 2.45) is 5.41 Å². The van der Waals surface area contributed by atoms with Crippen LogP contribution in [0.5, 0.6) is 0 Å². The quantitative estimate of drug-likeness (QED) is 0.799. The van der Waals surface area contributed by atoms with Crippen molar-refractivity contribution < 1.29 is 4.79 Å². The van der Waals surface area contributed by atoms with Crippen LogP contribution in [-0.2, 0) is 4.79 Å². The molecule has 104 valence electrons. The molecule has 1 aliphatic rings. The number of nitrogens with one attached hydrogen (secondary N) is 3. The van der Waals surface area contributed by atoms with Crippen LogP contribution in [0.15, 0.2) is 36.7 Å². The van der Waals surface area contributed by atoms with Gasteiger partial charge in [-0.2, -0.15) is 5.10 Å². The van der Waals surface area contributed by atoms with Gasteiger partial charge in [0.15, 0.2) is 0 Å². The minimum absolute atomic E-state index is 0.0191. The highest BCUT2D eigenvalue weighted by atomic mass is 16.2. The molecule has 0 aliphatic carbocycles. The number of carbonyl (C=O) groups excluding carboxylic acids is 1. The number of hydrogen-bond donors (Lipinski definition) is 3. The van der Waals surface area contributed by atoms with E-state index in [1.54, 1.807) is 6.20 Å². The summed E-state index contributed by atoms with van der Waals surface area (Å²) in [4.78, 5) is 12.2. The predicted molar refractivity (Wildman–Crippen MR) is 78.2 cm³/mol. The van der Waals surface area contributed by atoms with E-state index in [0.29, 0.717) is 0 Å². The van der Waals surface area contributed by atoms with Crippen LogP contribution in [0, 0.1) is 5.41 Å². The van der Waals surface area contributed by atoms with Gasteiger partial charge in [0.1, 0.15) is 0 Å². The normalized spacial score (nSPS) is 20.2. The van der Waals surface area contributed by atoms with Crippen LogP contribution >= 0.6 is 0 Å². The van der Waals surface area contributed by atoms with E-state index in [-0.39, 0.29) is 17.4 Å². The molecule has 0 bridgehead atoms. The summed E-state index contributed by atoms with van der Waals surface area (Å²) in [5.74, 6) is 0.0191. The monoisotopic (exact) mass is 270 g/mol. The van der Waals surface area contributed by atoms with Gasteiger partial charge >= 0.3 is 0 Å². The Morgan fingerprint density at radius 3 is 2.85 bits per heavy atom. The molecule has 5 heteroatoms. The third kappa shape index (κ3) is 2.32. The first kappa shape index (κ1) is 12.9. The molecular weight excluding hydrogens is 252 g/mol. The van der Waals surface area contributed by atoms with E-state index in [2.05, 4.69) is 34.7 Å². The van der Waals surface area contributed by atoms with Gasteiger partial charge < -0.3 is 10.6 Å². The highest BCUT2D eigenvalue weighted by molar-refractivity contribution is 5.96. The number of benzene rings is 1. The lowest BCUT2D eigenvalue weighted by molar-refractivity contribution is -0.124. The van der Waals surface area contributed by atoms with Crippen molar-refractivity contribution in [1.29, 1.82) is 0 Å². The molecule has 5 nitrogen and oxygen atoms in total. The van der Waals surface area contributed by atoms with Crippen LogP contribution in [0.3, 0.4) is 0 Å². The van der Waals surface area contributed by atoms with Gasteiger partial charge in [-0.05, 0) is 17.7 Å². The van der Waals surface area contributed by atoms with Gasteiger partial charge in [0.2, 0.25) is 5.91 Å². The van der Waals surface area contributed by atoms with Gasteiger partial charge in [0, 0.05) is 29.4 Å². The summed E-state index contributed by atoms with van der Waals surface area (Å²) < 4.78 is 0. The van der Waals surface area contributed by atoms with Crippen LogP contribution < -0.4 is 10.6 Å². The summed E-state index contributed by atoms with van der Waals surface area (Å²) in [6, 6.07) is 7.64. The Balaban J connectivity index is 1.75. The standard InChI is InChI=1S/C15H18N4O/c1-15(2)9-16-13(15)14(20)19-12-5-3-4-10(6-12)11-7-17-18-8-11/h3-8,13,16H,9H2,1-2H3,(H,17,18)(H,19,20). The maximum atomic E-state index is 12.2. The molecule has 2 heterocycles.